The number of methoxy groups -OCH3 is 1. The number of para-hydroxylation sites is 3. The molecule has 0 aliphatic carbocycles. The zero-order valence-electron chi connectivity index (χ0n) is 13.6. The van der Waals surface area contributed by atoms with E-state index in [0.29, 0.717) is 17.1 Å². The molecule has 0 atom stereocenters. The molecule has 1 amide bonds. The molecule has 0 aromatic heterocycles. The first-order chi connectivity index (χ1) is 11.9. The van der Waals surface area contributed by atoms with E-state index in [1.54, 1.807) is 48.5 Å². The van der Waals surface area contributed by atoms with Crippen LogP contribution in [0.25, 0.3) is 5.76 Å². The van der Waals surface area contributed by atoms with Gasteiger partial charge in [0.05, 0.1) is 18.5 Å². The SMILES string of the molecule is COc1ccccc1NC(=O)C1=C(O)c2ccccc2N(C)S1(=O)=O. The lowest BCUT2D eigenvalue weighted by Gasteiger charge is -2.28. The van der Waals surface area contributed by atoms with Crippen LogP contribution in [-0.2, 0) is 14.8 Å². The second-order valence-corrected chi connectivity index (χ2v) is 7.23. The highest BCUT2D eigenvalue weighted by Gasteiger charge is 2.39. The Morgan fingerprint density at radius 3 is 2.48 bits per heavy atom. The minimum atomic E-state index is -4.19. The number of carbonyl (C=O) groups excluding carboxylic acids is 1. The molecule has 1 heterocycles. The molecule has 0 saturated carbocycles. The van der Waals surface area contributed by atoms with Crippen LogP contribution in [0.2, 0.25) is 0 Å². The topological polar surface area (TPSA) is 95.9 Å². The fraction of sp³-hybridized carbons (Fsp3) is 0.118. The highest BCUT2D eigenvalue weighted by Crippen LogP contribution is 2.37. The highest BCUT2D eigenvalue weighted by atomic mass is 32.2. The first-order valence-corrected chi connectivity index (χ1v) is 8.78. The Morgan fingerprint density at radius 2 is 1.76 bits per heavy atom. The molecule has 3 rings (SSSR count). The molecule has 0 unspecified atom stereocenters. The van der Waals surface area contributed by atoms with Gasteiger partial charge in [0.25, 0.3) is 15.9 Å². The first-order valence-electron chi connectivity index (χ1n) is 7.34. The van der Waals surface area contributed by atoms with E-state index in [1.807, 2.05) is 0 Å². The van der Waals surface area contributed by atoms with E-state index in [9.17, 15) is 18.3 Å². The number of anilines is 2. The summed E-state index contributed by atoms with van der Waals surface area (Å²) >= 11 is 0. The number of sulfonamides is 1. The fourth-order valence-electron chi connectivity index (χ4n) is 2.61. The summed E-state index contributed by atoms with van der Waals surface area (Å²) in [4.78, 5) is 11.9. The van der Waals surface area contributed by atoms with Crippen molar-refractivity contribution in [1.82, 2.24) is 0 Å². The first kappa shape index (κ1) is 16.8. The largest absolute Gasteiger partial charge is 0.506 e. The Hall–Kier alpha value is -3.00. The van der Waals surface area contributed by atoms with Gasteiger partial charge < -0.3 is 15.2 Å². The van der Waals surface area contributed by atoms with Crippen LogP contribution in [0.15, 0.2) is 53.4 Å². The Balaban J connectivity index is 2.10. The number of rotatable bonds is 3. The summed E-state index contributed by atoms with van der Waals surface area (Å²) in [6.07, 6.45) is 0. The minimum absolute atomic E-state index is 0.269. The molecule has 2 N–H and O–H groups in total. The molecule has 1 aliphatic rings. The van der Waals surface area contributed by atoms with Crippen LogP contribution in [-0.4, -0.2) is 33.6 Å². The summed E-state index contributed by atoms with van der Waals surface area (Å²) in [5.41, 5.74) is 0.867. The second kappa shape index (κ2) is 6.14. The van der Waals surface area contributed by atoms with Gasteiger partial charge in [0.15, 0.2) is 10.7 Å². The van der Waals surface area contributed by atoms with E-state index in [0.717, 1.165) is 4.31 Å². The minimum Gasteiger partial charge on any atom is -0.506 e. The molecule has 7 nitrogen and oxygen atoms in total. The molecule has 8 heteroatoms. The lowest BCUT2D eigenvalue weighted by molar-refractivity contribution is -0.112. The van der Waals surface area contributed by atoms with E-state index in [4.69, 9.17) is 4.74 Å². The number of nitrogens with one attached hydrogen (secondary N) is 1. The van der Waals surface area contributed by atoms with E-state index in [-0.39, 0.29) is 5.56 Å². The average Bonchev–Trinajstić information content (AvgIpc) is 2.60. The van der Waals surface area contributed by atoms with Crippen LogP contribution in [0, 0.1) is 0 Å². The summed E-state index contributed by atoms with van der Waals surface area (Å²) in [6.45, 7) is 0. The third-order valence-electron chi connectivity index (χ3n) is 3.89. The Kier molecular flexibility index (Phi) is 4.13. The van der Waals surface area contributed by atoms with Crippen molar-refractivity contribution >= 4 is 33.1 Å². The summed E-state index contributed by atoms with van der Waals surface area (Å²) in [7, 11) is -1.43. The molecule has 0 saturated heterocycles. The van der Waals surface area contributed by atoms with Crippen molar-refractivity contribution in [3.63, 3.8) is 0 Å². The lowest BCUT2D eigenvalue weighted by Crippen LogP contribution is -2.37. The normalized spacial score (nSPS) is 15.5. The van der Waals surface area contributed by atoms with E-state index in [2.05, 4.69) is 5.32 Å². The van der Waals surface area contributed by atoms with Crippen molar-refractivity contribution in [2.75, 3.05) is 23.8 Å². The summed E-state index contributed by atoms with van der Waals surface area (Å²) < 4.78 is 31.5. The molecular formula is C17H16N2O5S. The zero-order valence-corrected chi connectivity index (χ0v) is 14.4. The predicted molar refractivity (Wildman–Crippen MR) is 94.9 cm³/mol. The maximum Gasteiger partial charge on any atom is 0.273 e. The summed E-state index contributed by atoms with van der Waals surface area (Å²) in [6, 6.07) is 13.0. The third kappa shape index (κ3) is 2.70. The highest BCUT2D eigenvalue weighted by molar-refractivity contribution is 7.97. The van der Waals surface area contributed by atoms with Crippen LogP contribution in [0.4, 0.5) is 11.4 Å². The maximum absolute atomic E-state index is 12.7. The molecule has 0 bridgehead atoms. The number of ether oxygens (including phenoxy) is 1. The van der Waals surface area contributed by atoms with Gasteiger partial charge in [-0.1, -0.05) is 24.3 Å². The van der Waals surface area contributed by atoms with Crippen molar-refractivity contribution in [1.29, 1.82) is 0 Å². The third-order valence-corrected chi connectivity index (χ3v) is 5.71. The van der Waals surface area contributed by atoms with E-state index < -0.39 is 26.6 Å². The van der Waals surface area contributed by atoms with Gasteiger partial charge in [0, 0.05) is 12.6 Å². The number of benzene rings is 2. The van der Waals surface area contributed by atoms with Crippen molar-refractivity contribution in [2.45, 2.75) is 0 Å². The summed E-state index contributed by atoms with van der Waals surface area (Å²) in [5, 5.41) is 12.9. The number of amides is 1. The lowest BCUT2D eigenvalue weighted by atomic mass is 10.1. The standard InChI is InChI=1S/C17H16N2O5S/c1-19-13-9-5-3-7-11(13)15(20)16(25(19,22)23)17(21)18-12-8-4-6-10-14(12)24-2/h3-10,20H,1-2H3,(H,18,21). The molecular weight excluding hydrogens is 344 g/mol. The van der Waals surface area contributed by atoms with E-state index >= 15 is 0 Å². The number of aliphatic hydroxyl groups is 1. The van der Waals surface area contributed by atoms with E-state index in [1.165, 1.54) is 14.2 Å². The molecule has 130 valence electrons. The Labute approximate surface area is 145 Å². The Morgan fingerprint density at radius 1 is 1.12 bits per heavy atom. The number of hydrogen-bond acceptors (Lipinski definition) is 5. The quantitative estimate of drug-likeness (QED) is 0.876. The average molecular weight is 360 g/mol. The van der Waals surface area contributed by atoms with Crippen LogP contribution in [0.3, 0.4) is 0 Å². The van der Waals surface area contributed by atoms with Crippen molar-refractivity contribution < 1.29 is 23.1 Å². The monoisotopic (exact) mass is 360 g/mol. The van der Waals surface area contributed by atoms with Gasteiger partial charge in [0.2, 0.25) is 0 Å². The van der Waals surface area contributed by atoms with Crippen LogP contribution in [0.5, 0.6) is 5.75 Å². The molecule has 0 fully saturated rings. The number of fused-ring (bicyclic) bond motifs is 1. The predicted octanol–water partition coefficient (Wildman–Crippen LogP) is 2.34. The summed E-state index contributed by atoms with van der Waals surface area (Å²) in [5.74, 6) is -1.15. The molecule has 2 aromatic carbocycles. The van der Waals surface area contributed by atoms with Gasteiger partial charge in [-0.2, -0.15) is 0 Å². The van der Waals surface area contributed by atoms with Crippen molar-refractivity contribution in [2.24, 2.45) is 0 Å². The van der Waals surface area contributed by atoms with Crippen LogP contribution >= 0.6 is 0 Å². The molecule has 0 radical (unpaired) electrons. The number of nitrogens with zero attached hydrogens (tertiary/aromatic N) is 1. The maximum atomic E-state index is 12.7. The smallest absolute Gasteiger partial charge is 0.273 e. The van der Waals surface area contributed by atoms with Crippen LogP contribution in [0.1, 0.15) is 5.56 Å². The molecule has 25 heavy (non-hydrogen) atoms. The van der Waals surface area contributed by atoms with Crippen molar-refractivity contribution in [3.8, 4) is 5.75 Å². The van der Waals surface area contributed by atoms with Gasteiger partial charge in [0.1, 0.15) is 5.75 Å². The van der Waals surface area contributed by atoms with Gasteiger partial charge >= 0.3 is 0 Å². The fourth-order valence-corrected chi connectivity index (χ4v) is 3.94. The van der Waals surface area contributed by atoms with Gasteiger partial charge in [-0.15, -0.1) is 0 Å². The second-order valence-electron chi connectivity index (χ2n) is 5.32. The van der Waals surface area contributed by atoms with Crippen LogP contribution < -0.4 is 14.4 Å². The molecule has 1 aliphatic heterocycles. The number of carbonyl (C=O) groups is 1. The Bertz CT molecular complexity index is 982. The molecule has 2 aromatic rings. The zero-order chi connectivity index (χ0) is 18.2. The molecule has 0 spiro atoms. The van der Waals surface area contributed by atoms with Gasteiger partial charge in [-0.3, -0.25) is 9.10 Å². The van der Waals surface area contributed by atoms with Crippen molar-refractivity contribution in [3.05, 3.63) is 59.0 Å². The number of aliphatic hydroxyl groups excluding tert-OH is 1. The number of hydrogen-bond donors (Lipinski definition) is 2. The van der Waals surface area contributed by atoms with Gasteiger partial charge in [-0.25, -0.2) is 8.42 Å². The van der Waals surface area contributed by atoms with Gasteiger partial charge in [-0.05, 0) is 24.3 Å².